The number of aryl methyl sites for hydroxylation is 1. The number of nitrogens with zero attached hydrogens (tertiary/aromatic N) is 1. The SMILES string of the molecule is Cc1cc(OC(F)(F)F)cc2c1OC(C(F)(F)F)C(C(=O)OC(C)OC(=O)OCC(C)O[N+](=O)[O-])=C2. The lowest BCUT2D eigenvalue weighted by Gasteiger charge is -2.29. The number of fused-ring (bicyclic) bond motifs is 1. The van der Waals surface area contributed by atoms with Crippen LogP contribution >= 0.6 is 0 Å². The minimum absolute atomic E-state index is 0.139. The smallest absolute Gasteiger partial charge is 0.475 e. The normalized spacial score (nSPS) is 16.9. The fourth-order valence-electron chi connectivity index (χ4n) is 2.84. The summed E-state index contributed by atoms with van der Waals surface area (Å²) in [7, 11) is 0. The van der Waals surface area contributed by atoms with Gasteiger partial charge in [-0.15, -0.1) is 23.3 Å². The molecule has 1 aromatic carbocycles. The molecule has 200 valence electrons. The third kappa shape index (κ3) is 8.09. The maximum atomic E-state index is 13.6. The maximum Gasteiger partial charge on any atom is 0.573 e. The zero-order chi connectivity index (χ0) is 27.4. The van der Waals surface area contributed by atoms with Crippen molar-refractivity contribution in [2.45, 2.75) is 51.8 Å². The summed E-state index contributed by atoms with van der Waals surface area (Å²) < 4.78 is 101. The number of ether oxygens (including phenoxy) is 5. The van der Waals surface area contributed by atoms with Crippen molar-refractivity contribution in [3.63, 3.8) is 0 Å². The van der Waals surface area contributed by atoms with Gasteiger partial charge < -0.3 is 28.5 Å². The van der Waals surface area contributed by atoms with E-state index >= 15 is 0 Å². The molecule has 11 nitrogen and oxygen atoms in total. The van der Waals surface area contributed by atoms with Gasteiger partial charge in [0.1, 0.15) is 24.2 Å². The van der Waals surface area contributed by atoms with Gasteiger partial charge in [0, 0.05) is 12.5 Å². The molecule has 17 heteroatoms. The predicted molar refractivity (Wildman–Crippen MR) is 102 cm³/mol. The molecule has 0 amide bonds. The van der Waals surface area contributed by atoms with E-state index in [-0.39, 0.29) is 11.1 Å². The van der Waals surface area contributed by atoms with E-state index in [1.165, 1.54) is 13.8 Å². The van der Waals surface area contributed by atoms with Crippen LogP contribution in [0.25, 0.3) is 6.08 Å². The van der Waals surface area contributed by atoms with E-state index in [1.807, 2.05) is 0 Å². The van der Waals surface area contributed by atoms with E-state index < -0.39 is 71.9 Å². The average molecular weight is 533 g/mol. The van der Waals surface area contributed by atoms with Gasteiger partial charge in [-0.3, -0.25) is 0 Å². The summed E-state index contributed by atoms with van der Waals surface area (Å²) in [5.74, 6) is -2.89. The molecule has 0 saturated carbocycles. The van der Waals surface area contributed by atoms with Crippen LogP contribution in [0.2, 0.25) is 0 Å². The van der Waals surface area contributed by atoms with Crippen molar-refractivity contribution in [2.24, 2.45) is 0 Å². The first-order valence-corrected chi connectivity index (χ1v) is 9.67. The van der Waals surface area contributed by atoms with Gasteiger partial charge in [-0.1, -0.05) is 0 Å². The molecule has 1 heterocycles. The van der Waals surface area contributed by atoms with Crippen LogP contribution in [0.15, 0.2) is 17.7 Å². The van der Waals surface area contributed by atoms with Gasteiger partial charge in [-0.05, 0) is 37.6 Å². The monoisotopic (exact) mass is 533 g/mol. The van der Waals surface area contributed by atoms with Gasteiger partial charge in [0.2, 0.25) is 12.4 Å². The molecule has 0 aromatic heterocycles. The predicted octanol–water partition coefficient (Wildman–Crippen LogP) is 4.24. The number of carbonyl (C=O) groups is 2. The Kier molecular flexibility index (Phi) is 8.48. The van der Waals surface area contributed by atoms with Crippen molar-refractivity contribution >= 4 is 18.2 Å². The fourth-order valence-corrected chi connectivity index (χ4v) is 2.84. The number of hydrogen-bond donors (Lipinski definition) is 0. The molecule has 2 rings (SSSR count). The molecule has 3 unspecified atom stereocenters. The summed E-state index contributed by atoms with van der Waals surface area (Å²) in [5.41, 5.74) is -1.63. The number of hydrogen-bond acceptors (Lipinski definition) is 10. The van der Waals surface area contributed by atoms with Gasteiger partial charge >= 0.3 is 24.7 Å². The van der Waals surface area contributed by atoms with Crippen LogP contribution in [0.5, 0.6) is 11.5 Å². The summed E-state index contributed by atoms with van der Waals surface area (Å²) in [6.07, 6.45) is -17.0. The fraction of sp³-hybridized carbons (Fsp3) is 0.474. The van der Waals surface area contributed by atoms with Crippen LogP contribution in [-0.2, 0) is 23.8 Å². The molecular weight excluding hydrogens is 516 g/mol. The molecular formula is C19H17F6NO10. The number of rotatable bonds is 8. The van der Waals surface area contributed by atoms with Crippen LogP contribution in [-0.4, -0.2) is 54.9 Å². The van der Waals surface area contributed by atoms with Crippen molar-refractivity contribution in [3.05, 3.63) is 38.9 Å². The van der Waals surface area contributed by atoms with Crippen molar-refractivity contribution in [3.8, 4) is 11.5 Å². The maximum absolute atomic E-state index is 13.6. The summed E-state index contributed by atoms with van der Waals surface area (Å²) in [6.45, 7) is 2.65. The molecule has 3 atom stereocenters. The number of carbonyl (C=O) groups excluding carboxylic acids is 2. The van der Waals surface area contributed by atoms with E-state index in [2.05, 4.69) is 23.8 Å². The highest BCUT2D eigenvalue weighted by atomic mass is 19.4. The van der Waals surface area contributed by atoms with Gasteiger partial charge in [-0.2, -0.15) is 13.2 Å². The highest BCUT2D eigenvalue weighted by molar-refractivity contribution is 5.96. The Bertz CT molecular complexity index is 1040. The molecule has 0 radical (unpaired) electrons. The number of benzene rings is 1. The topological polar surface area (TPSA) is 133 Å². The average Bonchev–Trinajstić information content (AvgIpc) is 2.68. The molecule has 1 aliphatic rings. The molecule has 36 heavy (non-hydrogen) atoms. The molecule has 0 N–H and O–H groups in total. The van der Waals surface area contributed by atoms with Crippen molar-refractivity contribution in [1.82, 2.24) is 0 Å². The highest BCUT2D eigenvalue weighted by Gasteiger charge is 2.49. The van der Waals surface area contributed by atoms with Crippen LogP contribution in [0.1, 0.15) is 25.0 Å². The second-order valence-electron chi connectivity index (χ2n) is 7.14. The van der Waals surface area contributed by atoms with Gasteiger partial charge in [0.05, 0.1) is 5.57 Å². The molecule has 0 spiro atoms. The Labute approximate surface area is 197 Å². The summed E-state index contributed by atoms with van der Waals surface area (Å²) >= 11 is 0. The van der Waals surface area contributed by atoms with Gasteiger partial charge in [0.15, 0.2) is 0 Å². The van der Waals surface area contributed by atoms with Crippen molar-refractivity contribution in [2.75, 3.05) is 6.61 Å². The van der Waals surface area contributed by atoms with E-state index in [0.717, 1.165) is 13.0 Å². The van der Waals surface area contributed by atoms with E-state index in [1.54, 1.807) is 0 Å². The van der Waals surface area contributed by atoms with E-state index in [9.17, 15) is 46.0 Å². The Morgan fingerprint density at radius 2 is 1.78 bits per heavy atom. The van der Waals surface area contributed by atoms with E-state index in [4.69, 9.17) is 4.74 Å². The molecule has 0 aliphatic carbocycles. The zero-order valence-corrected chi connectivity index (χ0v) is 18.5. The van der Waals surface area contributed by atoms with Crippen LogP contribution < -0.4 is 9.47 Å². The van der Waals surface area contributed by atoms with Gasteiger partial charge in [-0.25, -0.2) is 9.59 Å². The van der Waals surface area contributed by atoms with E-state index in [0.29, 0.717) is 12.1 Å². The Balaban J connectivity index is 2.19. The first-order valence-electron chi connectivity index (χ1n) is 9.67. The lowest BCUT2D eigenvalue weighted by atomic mass is 9.99. The Morgan fingerprint density at radius 1 is 1.14 bits per heavy atom. The molecule has 0 saturated heterocycles. The third-order valence-electron chi connectivity index (χ3n) is 4.11. The molecule has 1 aliphatic heterocycles. The molecule has 0 fully saturated rings. The zero-order valence-electron chi connectivity index (χ0n) is 18.5. The number of halogens is 6. The second-order valence-corrected chi connectivity index (χ2v) is 7.14. The standard InChI is InChI=1S/C19H17F6NO10/c1-8-4-12(35-19(23,24)25)5-11-6-13(15(18(20,21)22)34-14(8)11)16(27)32-10(3)33-17(28)31-7-9(2)36-26(29)30/h4-6,9-10,15H,7H2,1-3H3. The number of alkyl halides is 6. The lowest BCUT2D eigenvalue weighted by molar-refractivity contribution is -0.767. The van der Waals surface area contributed by atoms with Crippen molar-refractivity contribution in [1.29, 1.82) is 0 Å². The van der Waals surface area contributed by atoms with Crippen molar-refractivity contribution < 1.29 is 69.5 Å². The lowest BCUT2D eigenvalue weighted by Crippen LogP contribution is -2.41. The minimum Gasteiger partial charge on any atom is -0.475 e. The Morgan fingerprint density at radius 3 is 2.33 bits per heavy atom. The quantitative estimate of drug-likeness (QED) is 0.157. The summed E-state index contributed by atoms with van der Waals surface area (Å²) in [4.78, 5) is 38.3. The Hall–Kier alpha value is -3.92. The first-order chi connectivity index (χ1) is 16.5. The summed E-state index contributed by atoms with van der Waals surface area (Å²) in [5, 5.41) is 9.04. The third-order valence-corrected chi connectivity index (χ3v) is 4.11. The second kappa shape index (κ2) is 10.8. The molecule has 1 aromatic rings. The summed E-state index contributed by atoms with van der Waals surface area (Å²) in [6, 6.07) is 1.51. The molecule has 0 bridgehead atoms. The van der Waals surface area contributed by atoms with Crippen LogP contribution in [0.3, 0.4) is 0 Å². The van der Waals surface area contributed by atoms with Crippen LogP contribution in [0, 0.1) is 17.0 Å². The van der Waals surface area contributed by atoms with Crippen LogP contribution in [0.4, 0.5) is 31.1 Å². The largest absolute Gasteiger partial charge is 0.573 e. The highest BCUT2D eigenvalue weighted by Crippen LogP contribution is 2.41. The van der Waals surface area contributed by atoms with Gasteiger partial charge in [0.25, 0.3) is 5.09 Å². The first kappa shape index (κ1) is 28.3. The minimum atomic E-state index is -5.15. The number of esters is 1.